The van der Waals surface area contributed by atoms with Crippen LogP contribution in [0.3, 0.4) is 0 Å². The molecule has 3 aromatic rings. The number of hydrogen-bond donors (Lipinski definition) is 0. The molecule has 6 rings (SSSR count). The molecule has 2 aromatic heterocycles. The number of thiazole rings is 1. The standard InChI is InChI=1S/C28H27F4N3O3S/c29-20-12-16(13-35-14-17(15-35)25(36)38-26(37)28(30,31)32)6-7-19(20)23-33-21-8-9-22(34-24(21)39-23)27(10-11-27)18-4-2-1-3-5-18/h6-9,12,17-18H,1-5,10-11,13-15H2. The number of carbonyl (C=O) groups excluding carboxylic acids is 2. The van der Waals surface area contributed by atoms with E-state index in [0.717, 1.165) is 16.0 Å². The molecule has 6 nitrogen and oxygen atoms in total. The highest BCUT2D eigenvalue weighted by atomic mass is 32.1. The first-order valence-corrected chi connectivity index (χ1v) is 14.1. The van der Waals surface area contributed by atoms with E-state index in [1.165, 1.54) is 62.3 Å². The lowest BCUT2D eigenvalue weighted by Crippen LogP contribution is -2.51. The van der Waals surface area contributed by atoms with Crippen molar-refractivity contribution in [3.8, 4) is 10.6 Å². The maximum atomic E-state index is 15.1. The normalized spacial score (nSPS) is 20.1. The molecule has 0 bridgehead atoms. The predicted octanol–water partition coefficient (Wildman–Crippen LogP) is 6.17. The third-order valence-electron chi connectivity index (χ3n) is 8.33. The topological polar surface area (TPSA) is 72.4 Å². The molecule has 3 fully saturated rings. The Morgan fingerprint density at radius 2 is 1.79 bits per heavy atom. The Morgan fingerprint density at radius 3 is 2.46 bits per heavy atom. The molecule has 0 atom stereocenters. The Morgan fingerprint density at radius 1 is 1.05 bits per heavy atom. The third-order valence-corrected chi connectivity index (χ3v) is 9.32. The molecule has 2 aliphatic carbocycles. The molecule has 3 aliphatic rings. The Kier molecular flexibility index (Phi) is 6.69. The highest BCUT2D eigenvalue weighted by Crippen LogP contribution is 2.57. The lowest BCUT2D eigenvalue weighted by atomic mass is 9.76. The number of carbonyl (C=O) groups is 2. The van der Waals surface area contributed by atoms with E-state index in [1.807, 2.05) is 6.07 Å². The molecular formula is C28H27F4N3O3S. The summed E-state index contributed by atoms with van der Waals surface area (Å²) in [6, 6.07) is 8.94. The lowest BCUT2D eigenvalue weighted by Gasteiger charge is -2.37. The first-order valence-electron chi connectivity index (χ1n) is 13.2. The summed E-state index contributed by atoms with van der Waals surface area (Å²) in [5.41, 5.74) is 3.13. The summed E-state index contributed by atoms with van der Waals surface area (Å²) >= 11 is 1.38. The first-order chi connectivity index (χ1) is 18.6. The molecule has 39 heavy (non-hydrogen) atoms. The molecule has 1 aromatic carbocycles. The fraction of sp³-hybridized carbons (Fsp3) is 0.500. The summed E-state index contributed by atoms with van der Waals surface area (Å²) in [6.45, 7) is 0.561. The van der Waals surface area contributed by atoms with Crippen LogP contribution in [-0.2, 0) is 26.3 Å². The molecule has 0 unspecified atom stereocenters. The van der Waals surface area contributed by atoms with Crippen LogP contribution in [0.5, 0.6) is 0 Å². The van der Waals surface area contributed by atoms with Crippen LogP contribution >= 0.6 is 11.3 Å². The second kappa shape index (κ2) is 9.92. The number of alkyl halides is 3. The number of esters is 2. The van der Waals surface area contributed by atoms with E-state index in [9.17, 15) is 22.8 Å². The average molecular weight is 562 g/mol. The minimum absolute atomic E-state index is 0.127. The number of pyridine rings is 1. The predicted molar refractivity (Wildman–Crippen MR) is 136 cm³/mol. The van der Waals surface area contributed by atoms with Crippen molar-refractivity contribution in [2.24, 2.45) is 11.8 Å². The number of ether oxygens (including phenoxy) is 1. The van der Waals surface area contributed by atoms with Gasteiger partial charge in [0.2, 0.25) is 0 Å². The SMILES string of the molecule is O=C(OC(=O)C(F)(F)F)C1CN(Cc2ccc(-c3nc4ccc(C5(C6CCCCC6)CC5)nc4s3)c(F)c2)C1. The number of benzene rings is 1. The number of likely N-dealkylation sites (tertiary alicyclic amines) is 1. The first kappa shape index (κ1) is 26.3. The molecule has 0 spiro atoms. The zero-order chi connectivity index (χ0) is 27.4. The van der Waals surface area contributed by atoms with Crippen LogP contribution in [0.25, 0.3) is 20.9 Å². The maximum Gasteiger partial charge on any atom is 0.491 e. The van der Waals surface area contributed by atoms with E-state index < -0.39 is 29.9 Å². The minimum Gasteiger partial charge on any atom is -0.386 e. The molecule has 2 saturated carbocycles. The summed E-state index contributed by atoms with van der Waals surface area (Å²) in [5.74, 6) is -4.27. The van der Waals surface area contributed by atoms with Gasteiger partial charge in [-0.2, -0.15) is 13.2 Å². The third kappa shape index (κ3) is 5.18. The number of fused-ring (bicyclic) bond motifs is 1. The summed E-state index contributed by atoms with van der Waals surface area (Å²) in [4.78, 5) is 34.8. The quantitative estimate of drug-likeness (QED) is 0.204. The Balaban J connectivity index is 1.10. The van der Waals surface area contributed by atoms with Gasteiger partial charge in [-0.3, -0.25) is 9.69 Å². The van der Waals surface area contributed by atoms with E-state index in [1.54, 1.807) is 17.0 Å². The van der Waals surface area contributed by atoms with Crippen LogP contribution in [0.4, 0.5) is 17.6 Å². The molecule has 1 saturated heterocycles. The molecule has 11 heteroatoms. The van der Waals surface area contributed by atoms with Crippen molar-refractivity contribution in [1.82, 2.24) is 14.9 Å². The van der Waals surface area contributed by atoms with E-state index in [2.05, 4.69) is 15.8 Å². The second-order valence-corrected chi connectivity index (χ2v) is 11.9. The number of aromatic nitrogens is 2. The van der Waals surface area contributed by atoms with Crippen LogP contribution in [0.15, 0.2) is 30.3 Å². The van der Waals surface area contributed by atoms with Crippen molar-refractivity contribution in [1.29, 1.82) is 0 Å². The number of hydrogen-bond acceptors (Lipinski definition) is 7. The fourth-order valence-corrected chi connectivity index (χ4v) is 7.01. The van der Waals surface area contributed by atoms with Crippen molar-refractivity contribution >= 4 is 33.6 Å². The Labute approximate surface area is 226 Å². The van der Waals surface area contributed by atoms with Gasteiger partial charge in [-0.1, -0.05) is 36.7 Å². The van der Waals surface area contributed by atoms with E-state index in [0.29, 0.717) is 28.6 Å². The van der Waals surface area contributed by atoms with E-state index >= 15 is 4.39 Å². The van der Waals surface area contributed by atoms with Crippen LogP contribution in [0.1, 0.15) is 56.2 Å². The molecule has 0 amide bonds. The van der Waals surface area contributed by atoms with E-state index in [-0.39, 0.29) is 18.5 Å². The monoisotopic (exact) mass is 561 g/mol. The van der Waals surface area contributed by atoms with Gasteiger partial charge in [0.05, 0.1) is 5.92 Å². The zero-order valence-electron chi connectivity index (χ0n) is 21.1. The van der Waals surface area contributed by atoms with Crippen molar-refractivity contribution in [3.05, 3.63) is 47.4 Å². The summed E-state index contributed by atoms with van der Waals surface area (Å²) in [5, 5.41) is 0.558. The van der Waals surface area contributed by atoms with E-state index in [4.69, 9.17) is 4.98 Å². The number of halogens is 4. The smallest absolute Gasteiger partial charge is 0.386 e. The van der Waals surface area contributed by atoms with Gasteiger partial charge in [-0.15, -0.1) is 0 Å². The minimum atomic E-state index is -5.21. The number of nitrogens with zero attached hydrogens (tertiary/aromatic N) is 3. The van der Waals surface area contributed by atoms with Gasteiger partial charge in [-0.05, 0) is 61.4 Å². The van der Waals surface area contributed by atoms with Crippen LogP contribution in [0.2, 0.25) is 0 Å². The molecule has 3 heterocycles. The summed E-state index contributed by atoms with van der Waals surface area (Å²) in [6.07, 6.45) is 3.60. The lowest BCUT2D eigenvalue weighted by molar-refractivity contribution is -0.204. The Bertz CT molecular complexity index is 1420. The van der Waals surface area contributed by atoms with Gasteiger partial charge in [0.15, 0.2) is 0 Å². The van der Waals surface area contributed by atoms with Gasteiger partial charge < -0.3 is 4.74 Å². The molecule has 1 aliphatic heterocycles. The summed E-state index contributed by atoms with van der Waals surface area (Å²) in [7, 11) is 0. The highest BCUT2D eigenvalue weighted by molar-refractivity contribution is 7.21. The van der Waals surface area contributed by atoms with Crippen LogP contribution in [0, 0.1) is 17.7 Å². The second-order valence-electron chi connectivity index (χ2n) is 10.9. The summed E-state index contributed by atoms with van der Waals surface area (Å²) < 4.78 is 55.8. The van der Waals surface area contributed by atoms with Crippen LogP contribution < -0.4 is 0 Å². The van der Waals surface area contributed by atoms with Gasteiger partial charge >= 0.3 is 18.1 Å². The van der Waals surface area contributed by atoms with Gasteiger partial charge in [0.1, 0.15) is 21.2 Å². The fourth-order valence-electron chi connectivity index (χ4n) is 6.04. The highest BCUT2D eigenvalue weighted by Gasteiger charge is 2.51. The molecule has 206 valence electrons. The van der Waals surface area contributed by atoms with Gasteiger partial charge in [0.25, 0.3) is 0 Å². The molecule has 0 N–H and O–H groups in total. The average Bonchev–Trinajstić information content (AvgIpc) is 3.58. The van der Waals surface area contributed by atoms with Crippen molar-refractivity contribution in [2.75, 3.05) is 13.1 Å². The van der Waals surface area contributed by atoms with Crippen molar-refractivity contribution in [2.45, 2.75) is 63.1 Å². The zero-order valence-corrected chi connectivity index (χ0v) is 21.9. The largest absolute Gasteiger partial charge is 0.491 e. The molecular weight excluding hydrogens is 534 g/mol. The Hall–Kier alpha value is -2.92. The number of rotatable bonds is 6. The molecule has 0 radical (unpaired) electrons. The van der Waals surface area contributed by atoms with Crippen LogP contribution in [-0.4, -0.2) is 46.1 Å². The van der Waals surface area contributed by atoms with Crippen molar-refractivity contribution in [3.63, 3.8) is 0 Å². The van der Waals surface area contributed by atoms with Gasteiger partial charge in [0, 0.05) is 36.3 Å². The van der Waals surface area contributed by atoms with Gasteiger partial charge in [-0.25, -0.2) is 19.2 Å². The van der Waals surface area contributed by atoms with Crippen molar-refractivity contribution < 1.29 is 31.9 Å². The maximum absolute atomic E-state index is 15.1.